The van der Waals surface area contributed by atoms with Crippen LogP contribution in [0.3, 0.4) is 0 Å². The van der Waals surface area contributed by atoms with E-state index in [9.17, 15) is 23.5 Å². The molecule has 1 aromatic carbocycles. The van der Waals surface area contributed by atoms with Crippen LogP contribution in [0.5, 0.6) is 0 Å². The molecule has 1 aliphatic carbocycles. The highest BCUT2D eigenvalue weighted by Crippen LogP contribution is 2.42. The zero-order valence-electron chi connectivity index (χ0n) is 14.7. The van der Waals surface area contributed by atoms with Crippen LogP contribution in [0, 0.1) is 6.92 Å². The van der Waals surface area contributed by atoms with Crippen LogP contribution >= 0.6 is 0 Å². The lowest BCUT2D eigenvalue weighted by atomic mass is 9.93. The summed E-state index contributed by atoms with van der Waals surface area (Å²) in [5, 5.41) is 15.0. The summed E-state index contributed by atoms with van der Waals surface area (Å²) in [5.74, 6) is -5.67. The number of halogens is 2. The second kappa shape index (κ2) is 7.07. The molecule has 1 aliphatic rings. The molecule has 0 bridgehead atoms. The van der Waals surface area contributed by atoms with Gasteiger partial charge in [0.25, 0.3) is 11.8 Å². The molecule has 0 saturated heterocycles. The van der Waals surface area contributed by atoms with Crippen molar-refractivity contribution in [1.82, 2.24) is 5.32 Å². The standard InChI is InChI=1S/C18H24F2N2O3/c1-11(2)21-15(23)14-7-6-13(10-12(14)3)22-16(24)18(19,20)17(25)8-4-5-9-17/h6-7,10-11,25H,4-5,8-9H2,1-3H3,(H,21,23)(H,22,24). The van der Waals surface area contributed by atoms with Gasteiger partial charge in [0.05, 0.1) is 0 Å². The molecule has 7 heteroatoms. The summed E-state index contributed by atoms with van der Waals surface area (Å²) >= 11 is 0. The molecule has 0 aromatic heterocycles. The number of amides is 2. The minimum Gasteiger partial charge on any atom is -0.383 e. The molecule has 3 N–H and O–H groups in total. The van der Waals surface area contributed by atoms with Crippen molar-refractivity contribution in [2.75, 3.05) is 5.32 Å². The van der Waals surface area contributed by atoms with Crippen molar-refractivity contribution in [1.29, 1.82) is 0 Å². The lowest BCUT2D eigenvalue weighted by molar-refractivity contribution is -0.185. The summed E-state index contributed by atoms with van der Waals surface area (Å²) < 4.78 is 28.6. The van der Waals surface area contributed by atoms with Crippen molar-refractivity contribution in [3.05, 3.63) is 29.3 Å². The number of alkyl halides is 2. The molecule has 0 heterocycles. The number of hydrogen-bond acceptors (Lipinski definition) is 3. The average molecular weight is 354 g/mol. The number of aryl methyl sites for hydroxylation is 1. The lowest BCUT2D eigenvalue weighted by Gasteiger charge is -2.30. The third kappa shape index (κ3) is 3.98. The summed E-state index contributed by atoms with van der Waals surface area (Å²) in [6.07, 6.45) is 0.748. The quantitative estimate of drug-likeness (QED) is 0.761. The number of aliphatic hydroxyl groups is 1. The smallest absolute Gasteiger partial charge is 0.352 e. The Hall–Kier alpha value is -2.02. The van der Waals surface area contributed by atoms with Gasteiger partial charge >= 0.3 is 5.92 Å². The largest absolute Gasteiger partial charge is 0.383 e. The molecule has 25 heavy (non-hydrogen) atoms. The summed E-state index contributed by atoms with van der Waals surface area (Å²) in [5.41, 5.74) is -1.17. The first kappa shape index (κ1) is 19.3. The molecular formula is C18H24F2N2O3. The van der Waals surface area contributed by atoms with E-state index in [0.717, 1.165) is 0 Å². The molecule has 0 radical (unpaired) electrons. The number of benzene rings is 1. The van der Waals surface area contributed by atoms with Gasteiger partial charge in [-0.1, -0.05) is 12.8 Å². The number of anilines is 1. The van der Waals surface area contributed by atoms with E-state index in [1.807, 2.05) is 13.8 Å². The fourth-order valence-corrected chi connectivity index (χ4v) is 3.03. The normalized spacial score (nSPS) is 16.8. The second-order valence-corrected chi connectivity index (χ2v) is 6.93. The fraction of sp³-hybridized carbons (Fsp3) is 0.556. The van der Waals surface area contributed by atoms with Crippen LogP contribution in [0.4, 0.5) is 14.5 Å². The third-order valence-corrected chi connectivity index (χ3v) is 4.45. The van der Waals surface area contributed by atoms with Crippen molar-refractivity contribution in [3.8, 4) is 0 Å². The maximum Gasteiger partial charge on any atom is 0.352 e. The van der Waals surface area contributed by atoms with Crippen LogP contribution in [-0.4, -0.2) is 34.5 Å². The maximum atomic E-state index is 14.3. The van der Waals surface area contributed by atoms with Crippen LogP contribution < -0.4 is 10.6 Å². The van der Waals surface area contributed by atoms with E-state index in [4.69, 9.17) is 0 Å². The SMILES string of the molecule is Cc1cc(NC(=O)C(F)(F)C2(O)CCCC2)ccc1C(=O)NC(C)C. The molecule has 0 aliphatic heterocycles. The minimum absolute atomic E-state index is 0.0304. The van der Waals surface area contributed by atoms with Gasteiger partial charge in [0.15, 0.2) is 0 Å². The molecule has 2 amide bonds. The van der Waals surface area contributed by atoms with Gasteiger partial charge in [-0.2, -0.15) is 8.78 Å². The molecule has 0 unspecified atom stereocenters. The Morgan fingerprint density at radius 2 is 1.84 bits per heavy atom. The maximum absolute atomic E-state index is 14.3. The van der Waals surface area contributed by atoms with Gasteiger partial charge in [0.1, 0.15) is 5.60 Å². The van der Waals surface area contributed by atoms with Crippen molar-refractivity contribution < 1.29 is 23.5 Å². The molecule has 1 aromatic rings. The van der Waals surface area contributed by atoms with Crippen molar-refractivity contribution in [2.45, 2.75) is 64.0 Å². The predicted molar refractivity (Wildman–Crippen MR) is 90.8 cm³/mol. The van der Waals surface area contributed by atoms with E-state index in [1.165, 1.54) is 18.2 Å². The first-order valence-electron chi connectivity index (χ1n) is 8.40. The van der Waals surface area contributed by atoms with Crippen LogP contribution in [0.15, 0.2) is 18.2 Å². The predicted octanol–water partition coefficient (Wildman–Crippen LogP) is 3.01. The molecular weight excluding hydrogens is 330 g/mol. The number of carbonyl (C=O) groups excluding carboxylic acids is 2. The molecule has 0 atom stereocenters. The van der Waals surface area contributed by atoms with E-state index >= 15 is 0 Å². The van der Waals surface area contributed by atoms with E-state index < -0.39 is 17.4 Å². The second-order valence-electron chi connectivity index (χ2n) is 6.93. The topological polar surface area (TPSA) is 78.4 Å². The highest BCUT2D eigenvalue weighted by atomic mass is 19.3. The number of rotatable bonds is 5. The van der Waals surface area contributed by atoms with Crippen molar-refractivity contribution in [2.24, 2.45) is 0 Å². The van der Waals surface area contributed by atoms with Crippen molar-refractivity contribution in [3.63, 3.8) is 0 Å². The van der Waals surface area contributed by atoms with E-state index in [0.29, 0.717) is 24.0 Å². The van der Waals surface area contributed by atoms with Gasteiger partial charge in [-0.3, -0.25) is 9.59 Å². The Bertz CT molecular complexity index is 668. The van der Waals surface area contributed by atoms with Crippen LogP contribution in [0.25, 0.3) is 0 Å². The fourth-order valence-electron chi connectivity index (χ4n) is 3.03. The molecule has 0 spiro atoms. The monoisotopic (exact) mass is 354 g/mol. The average Bonchev–Trinajstić information content (AvgIpc) is 2.95. The van der Waals surface area contributed by atoms with Gasteiger partial charge in [0.2, 0.25) is 0 Å². The van der Waals surface area contributed by atoms with Crippen molar-refractivity contribution >= 4 is 17.5 Å². The summed E-state index contributed by atoms with van der Waals surface area (Å²) in [4.78, 5) is 24.0. The van der Waals surface area contributed by atoms with Crippen LogP contribution in [0.1, 0.15) is 55.5 Å². The zero-order valence-corrected chi connectivity index (χ0v) is 14.7. The Kier molecular flexibility index (Phi) is 5.46. The highest BCUT2D eigenvalue weighted by molar-refractivity contribution is 5.99. The Labute approximate surface area is 145 Å². The minimum atomic E-state index is -3.87. The zero-order chi connectivity index (χ0) is 18.8. The van der Waals surface area contributed by atoms with E-state index in [1.54, 1.807) is 6.92 Å². The summed E-state index contributed by atoms with van der Waals surface area (Å²) in [7, 11) is 0. The third-order valence-electron chi connectivity index (χ3n) is 4.45. The number of carbonyl (C=O) groups is 2. The number of nitrogens with one attached hydrogen (secondary N) is 2. The lowest BCUT2D eigenvalue weighted by Crippen LogP contribution is -2.53. The summed E-state index contributed by atoms with van der Waals surface area (Å²) in [6, 6.07) is 4.30. The molecule has 5 nitrogen and oxygen atoms in total. The molecule has 138 valence electrons. The van der Waals surface area contributed by atoms with E-state index in [-0.39, 0.29) is 30.5 Å². The molecule has 2 rings (SSSR count). The van der Waals surface area contributed by atoms with Gasteiger partial charge in [-0.25, -0.2) is 0 Å². The van der Waals surface area contributed by atoms with Gasteiger partial charge in [-0.05, 0) is 57.4 Å². The van der Waals surface area contributed by atoms with Gasteiger partial charge in [-0.15, -0.1) is 0 Å². The molecule has 1 fully saturated rings. The Morgan fingerprint density at radius 3 is 2.36 bits per heavy atom. The Balaban J connectivity index is 2.14. The first-order chi connectivity index (χ1) is 11.6. The Morgan fingerprint density at radius 1 is 1.24 bits per heavy atom. The van der Waals surface area contributed by atoms with Gasteiger partial charge < -0.3 is 15.7 Å². The summed E-state index contributed by atoms with van der Waals surface area (Å²) in [6.45, 7) is 5.32. The molecule has 1 saturated carbocycles. The highest BCUT2D eigenvalue weighted by Gasteiger charge is 2.59. The number of hydrogen-bond donors (Lipinski definition) is 3. The van der Waals surface area contributed by atoms with Gasteiger partial charge in [0, 0.05) is 17.3 Å². The van der Waals surface area contributed by atoms with E-state index in [2.05, 4.69) is 10.6 Å². The van der Waals surface area contributed by atoms with Crippen LogP contribution in [0.2, 0.25) is 0 Å². The van der Waals surface area contributed by atoms with Crippen LogP contribution in [-0.2, 0) is 4.79 Å². The first-order valence-corrected chi connectivity index (χ1v) is 8.40.